The molecular formula is C12H14ClNO2. The molecule has 0 saturated carbocycles. The summed E-state index contributed by atoms with van der Waals surface area (Å²) in [6.45, 7) is 1.90. The average Bonchev–Trinajstić information content (AvgIpc) is 2.77. The first-order chi connectivity index (χ1) is 7.74. The van der Waals surface area contributed by atoms with E-state index >= 15 is 0 Å². The number of carbonyl (C=O) groups excluding carboxylic acids is 1. The second-order valence-corrected chi connectivity index (χ2v) is 4.54. The Morgan fingerprint density at radius 3 is 3.00 bits per heavy atom. The minimum Gasteiger partial charge on any atom is -0.396 e. The Morgan fingerprint density at radius 1 is 1.56 bits per heavy atom. The molecule has 1 fully saturated rings. The number of aldehydes is 1. The Hall–Kier alpha value is -1.06. The van der Waals surface area contributed by atoms with Crippen LogP contribution in [0.15, 0.2) is 18.2 Å². The zero-order valence-electron chi connectivity index (χ0n) is 8.90. The lowest BCUT2D eigenvalue weighted by Gasteiger charge is -2.20. The van der Waals surface area contributed by atoms with Gasteiger partial charge < -0.3 is 10.0 Å². The van der Waals surface area contributed by atoms with Gasteiger partial charge in [0.05, 0.1) is 0 Å². The van der Waals surface area contributed by atoms with Crippen LogP contribution in [0, 0.1) is 5.92 Å². The van der Waals surface area contributed by atoms with Gasteiger partial charge in [-0.05, 0) is 24.6 Å². The molecule has 4 heteroatoms. The van der Waals surface area contributed by atoms with Crippen LogP contribution in [0.2, 0.25) is 5.02 Å². The lowest BCUT2D eigenvalue weighted by Crippen LogP contribution is -2.21. The molecule has 1 heterocycles. The van der Waals surface area contributed by atoms with E-state index in [2.05, 4.69) is 4.90 Å². The molecule has 0 spiro atoms. The van der Waals surface area contributed by atoms with E-state index in [-0.39, 0.29) is 6.61 Å². The maximum atomic E-state index is 11.0. The molecule has 3 nitrogen and oxygen atoms in total. The number of benzene rings is 1. The summed E-state index contributed by atoms with van der Waals surface area (Å²) in [6, 6.07) is 5.33. The van der Waals surface area contributed by atoms with Crippen LogP contribution in [-0.4, -0.2) is 31.1 Å². The highest BCUT2D eigenvalue weighted by molar-refractivity contribution is 6.31. The van der Waals surface area contributed by atoms with Gasteiger partial charge in [0, 0.05) is 41.9 Å². The van der Waals surface area contributed by atoms with Gasteiger partial charge in [-0.25, -0.2) is 0 Å². The van der Waals surface area contributed by atoms with Gasteiger partial charge in [0.15, 0.2) is 6.29 Å². The first kappa shape index (κ1) is 11.4. The summed E-state index contributed by atoms with van der Waals surface area (Å²) in [5.74, 6) is 0.315. The van der Waals surface area contributed by atoms with E-state index in [4.69, 9.17) is 16.7 Å². The molecule has 86 valence electrons. The third kappa shape index (κ3) is 2.20. The normalized spacial score (nSPS) is 20.1. The minimum atomic E-state index is 0.209. The summed E-state index contributed by atoms with van der Waals surface area (Å²) in [4.78, 5) is 13.1. The van der Waals surface area contributed by atoms with Crippen molar-refractivity contribution < 1.29 is 9.90 Å². The van der Waals surface area contributed by atoms with E-state index in [1.165, 1.54) is 0 Å². The summed E-state index contributed by atoms with van der Waals surface area (Å²) in [5, 5.41) is 9.66. The molecule has 0 aromatic heterocycles. The van der Waals surface area contributed by atoms with Crippen molar-refractivity contribution in [3.8, 4) is 0 Å². The van der Waals surface area contributed by atoms with Crippen LogP contribution in [0.4, 0.5) is 5.69 Å². The van der Waals surface area contributed by atoms with Crippen molar-refractivity contribution >= 4 is 23.6 Å². The number of hydrogen-bond donors (Lipinski definition) is 1. The van der Waals surface area contributed by atoms with E-state index < -0.39 is 0 Å². The Morgan fingerprint density at radius 2 is 2.38 bits per heavy atom. The van der Waals surface area contributed by atoms with Gasteiger partial charge in [0.25, 0.3) is 0 Å². The van der Waals surface area contributed by atoms with E-state index in [1.807, 2.05) is 6.07 Å². The van der Waals surface area contributed by atoms with Gasteiger partial charge in [0.2, 0.25) is 0 Å². The van der Waals surface area contributed by atoms with E-state index in [0.717, 1.165) is 31.5 Å². The zero-order chi connectivity index (χ0) is 11.5. The van der Waals surface area contributed by atoms with Crippen molar-refractivity contribution in [2.75, 3.05) is 24.6 Å². The molecule has 0 radical (unpaired) electrons. The van der Waals surface area contributed by atoms with Gasteiger partial charge in [-0.15, -0.1) is 0 Å². The molecule has 0 bridgehead atoms. The fourth-order valence-electron chi connectivity index (χ4n) is 2.11. The van der Waals surface area contributed by atoms with Crippen molar-refractivity contribution in [2.24, 2.45) is 5.92 Å². The van der Waals surface area contributed by atoms with Crippen molar-refractivity contribution in [2.45, 2.75) is 6.42 Å². The third-order valence-corrected chi connectivity index (χ3v) is 3.24. The number of rotatable bonds is 3. The molecular weight excluding hydrogens is 226 g/mol. The number of anilines is 1. The molecule has 2 rings (SSSR count). The number of nitrogens with zero attached hydrogens (tertiary/aromatic N) is 1. The highest BCUT2D eigenvalue weighted by Crippen LogP contribution is 2.28. The van der Waals surface area contributed by atoms with Crippen LogP contribution in [0.5, 0.6) is 0 Å². The fraction of sp³-hybridized carbons (Fsp3) is 0.417. The topological polar surface area (TPSA) is 40.5 Å². The van der Waals surface area contributed by atoms with Crippen LogP contribution < -0.4 is 4.90 Å². The van der Waals surface area contributed by atoms with Crippen molar-refractivity contribution in [1.29, 1.82) is 0 Å². The number of carbonyl (C=O) groups is 1. The number of hydrogen-bond acceptors (Lipinski definition) is 3. The third-order valence-electron chi connectivity index (χ3n) is 3.00. The molecule has 1 aromatic rings. The summed E-state index contributed by atoms with van der Waals surface area (Å²) >= 11 is 5.84. The van der Waals surface area contributed by atoms with Gasteiger partial charge in [-0.3, -0.25) is 4.79 Å². The molecule has 1 aliphatic rings. The maximum absolute atomic E-state index is 11.0. The standard InChI is InChI=1S/C12H14ClNO2/c13-11-1-2-12(10(5-11)8-16)14-4-3-9(6-14)7-15/h1-2,5,8-9,15H,3-4,6-7H2. The minimum absolute atomic E-state index is 0.209. The van der Waals surface area contributed by atoms with Crippen LogP contribution in [0.1, 0.15) is 16.8 Å². The van der Waals surface area contributed by atoms with E-state index in [1.54, 1.807) is 12.1 Å². The van der Waals surface area contributed by atoms with Crippen molar-refractivity contribution in [3.63, 3.8) is 0 Å². The molecule has 1 atom stereocenters. The second-order valence-electron chi connectivity index (χ2n) is 4.10. The number of halogens is 1. The van der Waals surface area contributed by atoms with Crippen LogP contribution in [0.3, 0.4) is 0 Å². The van der Waals surface area contributed by atoms with Crippen LogP contribution >= 0.6 is 11.6 Å². The zero-order valence-corrected chi connectivity index (χ0v) is 9.65. The molecule has 1 aromatic carbocycles. The Labute approximate surface area is 99.6 Å². The maximum Gasteiger partial charge on any atom is 0.152 e. The van der Waals surface area contributed by atoms with Crippen LogP contribution in [-0.2, 0) is 0 Å². The van der Waals surface area contributed by atoms with Gasteiger partial charge in [-0.2, -0.15) is 0 Å². The molecule has 1 unspecified atom stereocenters. The first-order valence-corrected chi connectivity index (χ1v) is 5.73. The lowest BCUT2D eigenvalue weighted by molar-refractivity contribution is 0.112. The second kappa shape index (κ2) is 4.85. The van der Waals surface area contributed by atoms with E-state index in [0.29, 0.717) is 16.5 Å². The lowest BCUT2D eigenvalue weighted by atomic mass is 10.1. The summed E-state index contributed by atoms with van der Waals surface area (Å²) in [7, 11) is 0. The predicted octanol–water partition coefficient (Wildman–Crippen LogP) is 1.97. The van der Waals surface area contributed by atoms with E-state index in [9.17, 15) is 4.79 Å². The molecule has 16 heavy (non-hydrogen) atoms. The molecule has 0 aliphatic carbocycles. The average molecular weight is 240 g/mol. The molecule has 1 N–H and O–H groups in total. The Kier molecular flexibility index (Phi) is 3.46. The van der Waals surface area contributed by atoms with Gasteiger partial charge >= 0.3 is 0 Å². The SMILES string of the molecule is O=Cc1cc(Cl)ccc1N1CCC(CO)C1. The highest BCUT2D eigenvalue weighted by atomic mass is 35.5. The quantitative estimate of drug-likeness (QED) is 0.820. The molecule has 0 amide bonds. The summed E-state index contributed by atoms with van der Waals surface area (Å²) in [6.07, 6.45) is 1.80. The van der Waals surface area contributed by atoms with Crippen LogP contribution in [0.25, 0.3) is 0 Å². The largest absolute Gasteiger partial charge is 0.396 e. The molecule has 1 aliphatic heterocycles. The van der Waals surface area contributed by atoms with Gasteiger partial charge in [-0.1, -0.05) is 11.6 Å². The first-order valence-electron chi connectivity index (χ1n) is 5.35. The number of aliphatic hydroxyl groups excluding tert-OH is 1. The molecule has 1 saturated heterocycles. The Bertz CT molecular complexity index is 395. The van der Waals surface area contributed by atoms with Crippen molar-refractivity contribution in [3.05, 3.63) is 28.8 Å². The predicted molar refractivity (Wildman–Crippen MR) is 64.2 cm³/mol. The number of aliphatic hydroxyl groups is 1. The Balaban J connectivity index is 2.24. The summed E-state index contributed by atoms with van der Waals surface area (Å²) < 4.78 is 0. The fourth-order valence-corrected chi connectivity index (χ4v) is 2.29. The van der Waals surface area contributed by atoms with Crippen molar-refractivity contribution in [1.82, 2.24) is 0 Å². The highest BCUT2D eigenvalue weighted by Gasteiger charge is 2.23. The summed E-state index contributed by atoms with van der Waals surface area (Å²) in [5.41, 5.74) is 1.53. The monoisotopic (exact) mass is 239 g/mol. The smallest absolute Gasteiger partial charge is 0.152 e. The van der Waals surface area contributed by atoms with Gasteiger partial charge in [0.1, 0.15) is 0 Å².